The Hall–Kier alpha value is -1.42. The highest BCUT2D eigenvalue weighted by atomic mass is 32.2. The van der Waals surface area contributed by atoms with Crippen LogP contribution in [0, 0.1) is 6.54 Å². The van der Waals surface area contributed by atoms with Gasteiger partial charge in [-0.15, -0.1) is 11.8 Å². The molecule has 1 aliphatic heterocycles. The summed E-state index contributed by atoms with van der Waals surface area (Å²) in [4.78, 5) is 7.98. The van der Waals surface area contributed by atoms with Gasteiger partial charge in [-0.1, -0.05) is 25.0 Å². The molecule has 0 bridgehead atoms. The summed E-state index contributed by atoms with van der Waals surface area (Å²) < 4.78 is 0. The van der Waals surface area contributed by atoms with E-state index in [-0.39, 0.29) is 0 Å². The number of hydrogen-bond acceptors (Lipinski definition) is 3. The SMILES string of the molecule is [CH]1CSC(c2cc3cccc(NC4CCCC4)c3[nH]2)=N1. The molecule has 2 aliphatic rings. The van der Waals surface area contributed by atoms with Gasteiger partial charge in [0.2, 0.25) is 0 Å². The van der Waals surface area contributed by atoms with Crippen LogP contribution in [0.4, 0.5) is 5.69 Å². The van der Waals surface area contributed by atoms with E-state index in [9.17, 15) is 0 Å². The minimum atomic E-state index is 0.638. The molecular weight excluding hydrogens is 266 g/mol. The lowest BCUT2D eigenvalue weighted by atomic mass is 10.2. The molecule has 20 heavy (non-hydrogen) atoms. The molecule has 103 valence electrons. The average molecular weight is 284 g/mol. The van der Waals surface area contributed by atoms with Gasteiger partial charge in [-0.2, -0.15) is 0 Å². The predicted octanol–water partition coefficient (Wildman–Crippen LogP) is 4.18. The largest absolute Gasteiger partial charge is 0.381 e. The van der Waals surface area contributed by atoms with Crippen LogP contribution in [0.25, 0.3) is 10.9 Å². The number of rotatable bonds is 3. The third kappa shape index (κ3) is 2.22. The van der Waals surface area contributed by atoms with Gasteiger partial charge in [-0.25, -0.2) is 0 Å². The van der Waals surface area contributed by atoms with Crippen LogP contribution < -0.4 is 5.32 Å². The van der Waals surface area contributed by atoms with Crippen molar-refractivity contribution in [2.75, 3.05) is 11.1 Å². The van der Waals surface area contributed by atoms with Crippen LogP contribution in [0.5, 0.6) is 0 Å². The smallest absolute Gasteiger partial charge is 0.115 e. The van der Waals surface area contributed by atoms with Gasteiger partial charge in [0.25, 0.3) is 0 Å². The van der Waals surface area contributed by atoms with E-state index >= 15 is 0 Å². The maximum absolute atomic E-state index is 4.44. The quantitative estimate of drug-likeness (QED) is 0.887. The van der Waals surface area contributed by atoms with Crippen molar-refractivity contribution < 1.29 is 0 Å². The van der Waals surface area contributed by atoms with E-state index in [0.29, 0.717) is 6.04 Å². The molecule has 4 heteroatoms. The second-order valence-electron chi connectivity index (χ2n) is 5.51. The van der Waals surface area contributed by atoms with Gasteiger partial charge >= 0.3 is 0 Å². The molecule has 1 aromatic carbocycles. The lowest BCUT2D eigenvalue weighted by Gasteiger charge is -2.14. The number of nitrogens with one attached hydrogen (secondary N) is 2. The minimum absolute atomic E-state index is 0.638. The normalized spacial score (nSPS) is 19.7. The highest BCUT2D eigenvalue weighted by Crippen LogP contribution is 2.30. The number of thioether (sulfide) groups is 1. The molecule has 4 rings (SSSR count). The van der Waals surface area contributed by atoms with Crippen molar-refractivity contribution in [2.45, 2.75) is 31.7 Å². The molecule has 0 atom stereocenters. The summed E-state index contributed by atoms with van der Waals surface area (Å²) in [6.07, 6.45) is 5.29. The highest BCUT2D eigenvalue weighted by molar-refractivity contribution is 8.14. The molecule has 0 spiro atoms. The van der Waals surface area contributed by atoms with E-state index in [2.05, 4.69) is 39.6 Å². The van der Waals surface area contributed by atoms with Crippen molar-refractivity contribution in [3.8, 4) is 0 Å². The van der Waals surface area contributed by atoms with Gasteiger partial charge in [-0.3, -0.25) is 4.99 Å². The van der Waals surface area contributed by atoms with Crippen LogP contribution in [0.15, 0.2) is 29.3 Å². The Bertz CT molecular complexity index is 653. The Morgan fingerprint density at radius 3 is 2.95 bits per heavy atom. The second-order valence-corrected chi connectivity index (χ2v) is 6.52. The van der Waals surface area contributed by atoms with Crippen LogP contribution in [0.3, 0.4) is 0 Å². The Balaban J connectivity index is 1.69. The number of benzene rings is 1. The van der Waals surface area contributed by atoms with Crippen molar-refractivity contribution in [3.05, 3.63) is 36.5 Å². The highest BCUT2D eigenvalue weighted by Gasteiger charge is 2.17. The average Bonchev–Trinajstić information content (AvgIpc) is 3.20. The molecule has 3 nitrogen and oxygen atoms in total. The van der Waals surface area contributed by atoms with Crippen LogP contribution in [0.2, 0.25) is 0 Å². The molecule has 1 aromatic heterocycles. The third-order valence-electron chi connectivity index (χ3n) is 4.10. The Morgan fingerprint density at radius 1 is 1.25 bits per heavy atom. The number of aromatic nitrogens is 1. The van der Waals surface area contributed by atoms with Gasteiger partial charge in [0.15, 0.2) is 0 Å². The van der Waals surface area contributed by atoms with Gasteiger partial charge in [0.1, 0.15) is 5.04 Å². The van der Waals surface area contributed by atoms with Crippen molar-refractivity contribution in [1.82, 2.24) is 4.98 Å². The van der Waals surface area contributed by atoms with Crippen molar-refractivity contribution >= 4 is 33.4 Å². The molecule has 0 unspecified atom stereocenters. The Labute approximate surface area is 123 Å². The summed E-state index contributed by atoms with van der Waals surface area (Å²) in [5.74, 6) is 0.984. The van der Waals surface area contributed by atoms with Crippen molar-refractivity contribution in [3.63, 3.8) is 0 Å². The zero-order chi connectivity index (χ0) is 13.4. The number of H-pyrrole nitrogens is 1. The summed E-state index contributed by atoms with van der Waals surface area (Å²) in [7, 11) is 0. The molecular formula is C16H18N3S. The van der Waals surface area contributed by atoms with Gasteiger partial charge < -0.3 is 10.3 Å². The first-order chi connectivity index (χ1) is 9.90. The van der Waals surface area contributed by atoms with E-state index in [0.717, 1.165) is 16.5 Å². The van der Waals surface area contributed by atoms with Crippen LogP contribution in [0.1, 0.15) is 31.4 Å². The summed E-state index contributed by atoms with van der Waals surface area (Å²) in [5.41, 5.74) is 3.58. The summed E-state index contributed by atoms with van der Waals surface area (Å²) in [6, 6.07) is 9.32. The zero-order valence-electron chi connectivity index (χ0n) is 11.4. The maximum atomic E-state index is 4.44. The van der Waals surface area contributed by atoms with Crippen LogP contribution in [-0.2, 0) is 0 Å². The topological polar surface area (TPSA) is 40.2 Å². The Kier molecular flexibility index (Phi) is 3.19. The fourth-order valence-electron chi connectivity index (χ4n) is 3.10. The van der Waals surface area contributed by atoms with Gasteiger partial charge in [-0.05, 0) is 25.0 Å². The van der Waals surface area contributed by atoms with Crippen LogP contribution >= 0.6 is 11.8 Å². The zero-order valence-corrected chi connectivity index (χ0v) is 12.2. The van der Waals surface area contributed by atoms with Gasteiger partial charge in [0, 0.05) is 17.2 Å². The number of fused-ring (bicyclic) bond motifs is 1. The number of anilines is 1. The van der Waals surface area contributed by atoms with E-state index < -0.39 is 0 Å². The molecule has 1 saturated carbocycles. The molecule has 1 fully saturated rings. The van der Waals surface area contributed by atoms with E-state index in [1.165, 1.54) is 42.3 Å². The Morgan fingerprint density at radius 2 is 2.15 bits per heavy atom. The molecule has 2 N–H and O–H groups in total. The lowest BCUT2D eigenvalue weighted by Crippen LogP contribution is -2.14. The first-order valence-corrected chi connectivity index (χ1v) is 8.29. The summed E-state index contributed by atoms with van der Waals surface area (Å²) in [5, 5.41) is 6.07. The molecule has 1 radical (unpaired) electrons. The standard InChI is InChI=1S/C16H18N3S/c1-2-6-12(5-1)18-13-7-3-4-11-10-14(19-15(11)13)16-17-8-9-20-16/h3-4,7-8,10,12,18-19H,1-2,5-6,9H2. The second kappa shape index (κ2) is 5.17. The number of aliphatic imine (C=N–C) groups is 1. The number of para-hydroxylation sites is 1. The van der Waals surface area contributed by atoms with Crippen LogP contribution in [-0.4, -0.2) is 21.8 Å². The fraction of sp³-hybridized carbons (Fsp3) is 0.375. The number of nitrogens with zero attached hydrogens (tertiary/aromatic N) is 1. The monoisotopic (exact) mass is 284 g/mol. The molecule has 1 aliphatic carbocycles. The number of hydrogen-bond donors (Lipinski definition) is 2. The van der Waals surface area contributed by atoms with Crippen molar-refractivity contribution in [2.24, 2.45) is 4.99 Å². The predicted molar refractivity (Wildman–Crippen MR) is 87.5 cm³/mol. The van der Waals surface area contributed by atoms with Gasteiger partial charge in [0.05, 0.1) is 23.4 Å². The van der Waals surface area contributed by atoms with E-state index in [1.807, 2.05) is 6.54 Å². The molecule has 2 aromatic rings. The third-order valence-corrected chi connectivity index (χ3v) is 5.02. The summed E-state index contributed by atoms with van der Waals surface area (Å²) >= 11 is 1.79. The summed E-state index contributed by atoms with van der Waals surface area (Å²) in [6.45, 7) is 1.98. The van der Waals surface area contributed by atoms with E-state index in [1.54, 1.807) is 11.8 Å². The molecule has 2 heterocycles. The van der Waals surface area contributed by atoms with E-state index in [4.69, 9.17) is 0 Å². The first kappa shape index (κ1) is 12.3. The van der Waals surface area contributed by atoms with Crippen molar-refractivity contribution in [1.29, 1.82) is 0 Å². The maximum Gasteiger partial charge on any atom is 0.115 e. The first-order valence-electron chi connectivity index (χ1n) is 7.31. The fourth-order valence-corrected chi connectivity index (χ4v) is 3.82. The minimum Gasteiger partial charge on any atom is -0.381 e. The molecule has 0 amide bonds. The number of aromatic amines is 1. The molecule has 0 saturated heterocycles. The lowest BCUT2D eigenvalue weighted by molar-refractivity contribution is 0.756.